The summed E-state index contributed by atoms with van der Waals surface area (Å²) in [6.45, 7) is 9.95. The molecule has 2 aliphatic heterocycles. The highest BCUT2D eigenvalue weighted by molar-refractivity contribution is 6.07. The molecule has 5 nitrogen and oxygen atoms in total. The van der Waals surface area contributed by atoms with Crippen molar-refractivity contribution in [3.05, 3.63) is 59.2 Å². The minimum Gasteiger partial charge on any atom is -0.488 e. The number of nitrogens with one attached hydrogen (secondary N) is 1. The molecular formula is C23H27N3O2. The second-order valence-corrected chi connectivity index (χ2v) is 7.37. The summed E-state index contributed by atoms with van der Waals surface area (Å²) >= 11 is 0. The lowest BCUT2D eigenvalue weighted by atomic mass is 10.1. The molecule has 1 N–H and O–H groups in total. The Labute approximate surface area is 166 Å². The van der Waals surface area contributed by atoms with Gasteiger partial charge in [-0.15, -0.1) is 0 Å². The molecule has 1 saturated heterocycles. The molecule has 2 aliphatic rings. The average molecular weight is 377 g/mol. The van der Waals surface area contributed by atoms with Crippen molar-refractivity contribution >= 4 is 23.4 Å². The molecule has 2 aromatic carbocycles. The monoisotopic (exact) mass is 377 g/mol. The topological polar surface area (TPSA) is 44.8 Å². The van der Waals surface area contributed by atoms with E-state index in [0.717, 1.165) is 55.3 Å². The summed E-state index contributed by atoms with van der Waals surface area (Å²) in [4.78, 5) is 17.6. The van der Waals surface area contributed by atoms with Crippen LogP contribution in [0.3, 0.4) is 0 Å². The average Bonchev–Trinajstić information content (AvgIpc) is 2.74. The van der Waals surface area contributed by atoms with Gasteiger partial charge in [0.05, 0.1) is 5.57 Å². The summed E-state index contributed by atoms with van der Waals surface area (Å²) < 4.78 is 5.70. The molecule has 28 heavy (non-hydrogen) atoms. The molecule has 1 fully saturated rings. The first-order valence-corrected chi connectivity index (χ1v) is 9.96. The minimum atomic E-state index is -0.109. The van der Waals surface area contributed by atoms with E-state index in [-0.39, 0.29) is 5.91 Å². The van der Waals surface area contributed by atoms with Crippen LogP contribution < -0.4 is 15.0 Å². The summed E-state index contributed by atoms with van der Waals surface area (Å²) in [5.74, 6) is 0.713. The van der Waals surface area contributed by atoms with Crippen LogP contribution in [-0.2, 0) is 4.79 Å². The normalized spacial score (nSPS) is 16.8. The Kier molecular flexibility index (Phi) is 5.35. The van der Waals surface area contributed by atoms with E-state index in [1.165, 1.54) is 5.69 Å². The Morgan fingerprint density at radius 3 is 2.64 bits per heavy atom. The number of rotatable bonds is 4. The molecule has 0 aromatic heterocycles. The maximum Gasteiger partial charge on any atom is 0.255 e. The number of aryl methyl sites for hydroxylation is 1. The summed E-state index contributed by atoms with van der Waals surface area (Å²) in [5.41, 5.74) is 4.72. The first-order chi connectivity index (χ1) is 13.6. The van der Waals surface area contributed by atoms with Crippen molar-refractivity contribution in [1.82, 2.24) is 4.90 Å². The highest BCUT2D eigenvalue weighted by Crippen LogP contribution is 2.28. The van der Waals surface area contributed by atoms with E-state index < -0.39 is 0 Å². The fraction of sp³-hybridized carbons (Fsp3) is 0.348. The number of likely N-dealkylation sites (N-methyl/N-ethyl adjacent to an activating group) is 1. The molecule has 5 heteroatoms. The van der Waals surface area contributed by atoms with Gasteiger partial charge in [-0.2, -0.15) is 0 Å². The molecule has 0 atom stereocenters. The maximum atomic E-state index is 12.7. The third-order valence-corrected chi connectivity index (χ3v) is 5.57. The van der Waals surface area contributed by atoms with Crippen LogP contribution in [0, 0.1) is 6.92 Å². The van der Waals surface area contributed by atoms with Crippen molar-refractivity contribution in [2.45, 2.75) is 13.8 Å². The van der Waals surface area contributed by atoms with Gasteiger partial charge in [0.15, 0.2) is 0 Å². The molecule has 0 unspecified atom stereocenters. The molecule has 4 rings (SSSR count). The lowest BCUT2D eigenvalue weighted by Gasteiger charge is -2.35. The van der Waals surface area contributed by atoms with Gasteiger partial charge in [0.1, 0.15) is 12.4 Å². The molecule has 2 aromatic rings. The molecule has 146 valence electrons. The number of carbonyl (C=O) groups excluding carboxylic acids is 1. The number of benzene rings is 2. The zero-order valence-corrected chi connectivity index (χ0v) is 16.6. The van der Waals surface area contributed by atoms with Gasteiger partial charge in [0.2, 0.25) is 0 Å². The number of hydrogen-bond donors (Lipinski definition) is 1. The van der Waals surface area contributed by atoms with E-state index in [9.17, 15) is 4.79 Å². The molecule has 1 amide bonds. The predicted octanol–water partition coefficient (Wildman–Crippen LogP) is 3.55. The van der Waals surface area contributed by atoms with Crippen LogP contribution in [0.4, 0.5) is 11.4 Å². The van der Waals surface area contributed by atoms with Gasteiger partial charge in [-0.05, 0) is 49.4 Å². The van der Waals surface area contributed by atoms with Crippen LogP contribution in [0.25, 0.3) is 6.08 Å². The van der Waals surface area contributed by atoms with E-state index in [0.29, 0.717) is 12.2 Å². The molecule has 0 spiro atoms. The van der Waals surface area contributed by atoms with Gasteiger partial charge in [-0.1, -0.05) is 25.1 Å². The van der Waals surface area contributed by atoms with E-state index in [4.69, 9.17) is 4.74 Å². The minimum absolute atomic E-state index is 0.109. The van der Waals surface area contributed by atoms with E-state index in [1.807, 2.05) is 43.3 Å². The highest BCUT2D eigenvalue weighted by Gasteiger charge is 2.19. The van der Waals surface area contributed by atoms with Crippen LogP contribution >= 0.6 is 0 Å². The number of carbonyl (C=O) groups is 1. The summed E-state index contributed by atoms with van der Waals surface area (Å²) in [7, 11) is 0. The van der Waals surface area contributed by atoms with E-state index in [1.54, 1.807) is 0 Å². The van der Waals surface area contributed by atoms with Crippen molar-refractivity contribution in [3.63, 3.8) is 0 Å². The van der Waals surface area contributed by atoms with Crippen LogP contribution in [0.15, 0.2) is 48.0 Å². The Hall–Kier alpha value is -2.79. The molecule has 0 radical (unpaired) electrons. The van der Waals surface area contributed by atoms with E-state index >= 15 is 0 Å². The lowest BCUT2D eigenvalue weighted by Crippen LogP contribution is -2.46. The van der Waals surface area contributed by atoms with Crippen molar-refractivity contribution in [1.29, 1.82) is 0 Å². The SMILES string of the molecule is CCN1CCN(c2ccc(NC(=O)C3=Cc4ccccc4OC3)c(C)c2)CC1. The molecule has 2 heterocycles. The molecule has 0 aliphatic carbocycles. The van der Waals surface area contributed by atoms with E-state index in [2.05, 4.69) is 34.2 Å². The second kappa shape index (κ2) is 8.07. The quantitative estimate of drug-likeness (QED) is 0.885. The van der Waals surface area contributed by atoms with Crippen LogP contribution in [0.1, 0.15) is 18.1 Å². The Balaban J connectivity index is 1.44. The van der Waals surface area contributed by atoms with Crippen LogP contribution in [-0.4, -0.2) is 50.1 Å². The summed E-state index contributed by atoms with van der Waals surface area (Å²) in [5, 5.41) is 3.04. The van der Waals surface area contributed by atoms with Crippen molar-refractivity contribution in [3.8, 4) is 5.75 Å². The number of anilines is 2. The van der Waals surface area contributed by atoms with Gasteiger partial charge < -0.3 is 19.9 Å². The van der Waals surface area contributed by atoms with Gasteiger partial charge >= 0.3 is 0 Å². The number of para-hydroxylation sites is 1. The number of piperazine rings is 1. The van der Waals surface area contributed by atoms with Crippen molar-refractivity contribution in [2.24, 2.45) is 0 Å². The number of amides is 1. The van der Waals surface area contributed by atoms with Gasteiger partial charge in [0, 0.05) is 43.1 Å². The standard InChI is InChI=1S/C23H27N3O2/c1-3-25-10-12-26(13-11-25)20-8-9-21(17(2)14-20)24-23(27)19-15-18-6-4-5-7-22(18)28-16-19/h4-9,14-15H,3,10-13,16H2,1-2H3,(H,24,27). The van der Waals surface area contributed by atoms with Crippen LogP contribution in [0.5, 0.6) is 5.75 Å². The fourth-order valence-electron chi connectivity index (χ4n) is 3.76. The first kappa shape index (κ1) is 18.6. The molecular weight excluding hydrogens is 350 g/mol. The van der Waals surface area contributed by atoms with Crippen molar-refractivity contribution in [2.75, 3.05) is 49.5 Å². The molecule has 0 bridgehead atoms. The second-order valence-electron chi connectivity index (χ2n) is 7.37. The van der Waals surface area contributed by atoms with Crippen molar-refractivity contribution < 1.29 is 9.53 Å². The lowest BCUT2D eigenvalue weighted by molar-refractivity contribution is -0.113. The number of fused-ring (bicyclic) bond motifs is 1. The summed E-state index contributed by atoms with van der Waals surface area (Å²) in [6, 6.07) is 14.0. The zero-order valence-electron chi connectivity index (χ0n) is 16.6. The third-order valence-electron chi connectivity index (χ3n) is 5.57. The Morgan fingerprint density at radius 1 is 1.11 bits per heavy atom. The van der Waals surface area contributed by atoms with Crippen LogP contribution in [0.2, 0.25) is 0 Å². The highest BCUT2D eigenvalue weighted by atomic mass is 16.5. The first-order valence-electron chi connectivity index (χ1n) is 9.96. The zero-order chi connectivity index (χ0) is 19.5. The number of ether oxygens (including phenoxy) is 1. The van der Waals surface area contributed by atoms with Gasteiger partial charge in [0.25, 0.3) is 5.91 Å². The predicted molar refractivity (Wildman–Crippen MR) is 114 cm³/mol. The summed E-state index contributed by atoms with van der Waals surface area (Å²) in [6.07, 6.45) is 1.91. The van der Waals surface area contributed by atoms with Gasteiger partial charge in [-0.3, -0.25) is 4.79 Å². The maximum absolute atomic E-state index is 12.7. The fourth-order valence-corrected chi connectivity index (χ4v) is 3.76. The third kappa shape index (κ3) is 3.90. The Morgan fingerprint density at radius 2 is 1.89 bits per heavy atom. The molecule has 0 saturated carbocycles. The number of nitrogens with zero attached hydrogens (tertiary/aromatic N) is 2. The number of hydrogen-bond acceptors (Lipinski definition) is 4. The Bertz CT molecular complexity index is 898. The smallest absolute Gasteiger partial charge is 0.255 e. The largest absolute Gasteiger partial charge is 0.488 e. The van der Waals surface area contributed by atoms with Gasteiger partial charge in [-0.25, -0.2) is 0 Å².